The van der Waals surface area contributed by atoms with Crippen molar-refractivity contribution in [2.45, 2.75) is 45.6 Å². The summed E-state index contributed by atoms with van der Waals surface area (Å²) in [4.78, 5) is 0. The summed E-state index contributed by atoms with van der Waals surface area (Å²) in [6.45, 7) is 7.31. The lowest BCUT2D eigenvalue weighted by Gasteiger charge is -2.35. The summed E-state index contributed by atoms with van der Waals surface area (Å²) in [5.41, 5.74) is 0. The third-order valence-electron chi connectivity index (χ3n) is 4.04. The van der Waals surface area contributed by atoms with Crippen molar-refractivity contribution in [3.8, 4) is 0 Å². The minimum Gasteiger partial charge on any atom is -0.315 e. The van der Waals surface area contributed by atoms with Crippen LogP contribution in [0.1, 0.15) is 39.5 Å². The molecule has 2 saturated heterocycles. The van der Waals surface area contributed by atoms with Crippen LogP contribution >= 0.6 is 0 Å². The predicted octanol–water partition coefficient (Wildman–Crippen LogP) is 0.941. The molecule has 0 bridgehead atoms. The lowest BCUT2D eigenvalue weighted by atomic mass is 9.94. The van der Waals surface area contributed by atoms with E-state index in [2.05, 4.69) is 23.9 Å². The fraction of sp³-hybridized carbons (Fsp3) is 1.00. The zero-order valence-corrected chi connectivity index (χ0v) is 12.9. The summed E-state index contributed by atoms with van der Waals surface area (Å²) in [6, 6.07) is 0.0417. The molecular weight excluding hydrogens is 262 g/mol. The quantitative estimate of drug-likeness (QED) is 0.813. The molecular formula is C13H27N3O2S. The third kappa shape index (κ3) is 4.41. The molecule has 0 spiro atoms. The summed E-state index contributed by atoms with van der Waals surface area (Å²) >= 11 is 0. The Labute approximate surface area is 117 Å². The summed E-state index contributed by atoms with van der Waals surface area (Å²) in [5, 5.41) is 3.29. The standard InChI is InChI=1S/C13H27N3O2S/c1-11-7-12(2)10-16(9-11)19(17,18)15-13-5-3-4-6-14-8-13/h11-15H,3-10H2,1-2H3. The van der Waals surface area contributed by atoms with Crippen molar-refractivity contribution in [1.29, 1.82) is 0 Å². The minimum absolute atomic E-state index is 0.0417. The van der Waals surface area contributed by atoms with Gasteiger partial charge < -0.3 is 5.32 Å². The van der Waals surface area contributed by atoms with Gasteiger partial charge in [0.05, 0.1) is 0 Å². The highest BCUT2D eigenvalue weighted by molar-refractivity contribution is 7.87. The van der Waals surface area contributed by atoms with Crippen molar-refractivity contribution in [1.82, 2.24) is 14.3 Å². The van der Waals surface area contributed by atoms with Crippen LogP contribution in [0.2, 0.25) is 0 Å². The van der Waals surface area contributed by atoms with Crippen LogP contribution in [0.15, 0.2) is 0 Å². The molecule has 19 heavy (non-hydrogen) atoms. The molecule has 0 amide bonds. The second-order valence-electron chi connectivity index (χ2n) is 6.28. The van der Waals surface area contributed by atoms with Crippen LogP contribution in [0.5, 0.6) is 0 Å². The molecule has 0 radical (unpaired) electrons. The van der Waals surface area contributed by atoms with E-state index >= 15 is 0 Å². The first-order valence-corrected chi connectivity index (χ1v) is 8.89. The zero-order valence-electron chi connectivity index (χ0n) is 12.1. The van der Waals surface area contributed by atoms with Crippen LogP contribution in [0, 0.1) is 11.8 Å². The summed E-state index contributed by atoms with van der Waals surface area (Å²) in [7, 11) is -3.32. The van der Waals surface area contributed by atoms with E-state index in [1.165, 1.54) is 0 Å². The smallest absolute Gasteiger partial charge is 0.279 e. The van der Waals surface area contributed by atoms with Gasteiger partial charge in [-0.1, -0.05) is 20.3 Å². The first kappa shape index (κ1) is 15.2. The molecule has 0 aromatic heterocycles. The zero-order chi connectivity index (χ0) is 13.9. The molecule has 2 N–H and O–H groups in total. The van der Waals surface area contributed by atoms with Crippen molar-refractivity contribution in [3.63, 3.8) is 0 Å². The van der Waals surface area contributed by atoms with Crippen LogP contribution in [0.3, 0.4) is 0 Å². The Hall–Kier alpha value is -0.170. The fourth-order valence-corrected chi connectivity index (χ4v) is 4.88. The molecule has 6 heteroatoms. The third-order valence-corrected chi connectivity index (χ3v) is 5.65. The van der Waals surface area contributed by atoms with Gasteiger partial charge in [-0.3, -0.25) is 0 Å². The average molecular weight is 289 g/mol. The number of hydrogen-bond donors (Lipinski definition) is 2. The maximum atomic E-state index is 12.4. The van der Waals surface area contributed by atoms with E-state index in [4.69, 9.17) is 0 Å². The van der Waals surface area contributed by atoms with Gasteiger partial charge in [-0.05, 0) is 37.6 Å². The van der Waals surface area contributed by atoms with Crippen molar-refractivity contribution < 1.29 is 8.42 Å². The van der Waals surface area contributed by atoms with E-state index in [1.54, 1.807) is 4.31 Å². The Balaban J connectivity index is 1.96. The number of nitrogens with one attached hydrogen (secondary N) is 2. The number of rotatable bonds is 3. The second kappa shape index (κ2) is 6.52. The Morgan fingerprint density at radius 1 is 1.16 bits per heavy atom. The van der Waals surface area contributed by atoms with Gasteiger partial charge >= 0.3 is 0 Å². The number of hydrogen-bond acceptors (Lipinski definition) is 3. The number of nitrogens with zero attached hydrogens (tertiary/aromatic N) is 1. The van der Waals surface area contributed by atoms with Gasteiger partial charge in [0.15, 0.2) is 0 Å². The van der Waals surface area contributed by atoms with Gasteiger partial charge in [0.2, 0.25) is 0 Å². The largest absolute Gasteiger partial charge is 0.315 e. The summed E-state index contributed by atoms with van der Waals surface area (Å²) < 4.78 is 29.4. The van der Waals surface area contributed by atoms with Crippen LogP contribution in [-0.4, -0.2) is 44.9 Å². The first-order valence-electron chi connectivity index (χ1n) is 7.45. The van der Waals surface area contributed by atoms with Gasteiger partial charge in [-0.15, -0.1) is 0 Å². The van der Waals surface area contributed by atoms with Crippen LogP contribution in [0.4, 0.5) is 0 Å². The fourth-order valence-electron chi connectivity index (χ4n) is 3.21. The van der Waals surface area contributed by atoms with Crippen molar-refractivity contribution in [3.05, 3.63) is 0 Å². The Kier molecular flexibility index (Phi) is 5.22. The number of piperidine rings is 1. The molecule has 0 aromatic rings. The van der Waals surface area contributed by atoms with Gasteiger partial charge in [0, 0.05) is 25.7 Å². The van der Waals surface area contributed by atoms with E-state index in [0.29, 0.717) is 24.9 Å². The van der Waals surface area contributed by atoms with Gasteiger partial charge in [0.25, 0.3) is 10.2 Å². The van der Waals surface area contributed by atoms with E-state index < -0.39 is 10.2 Å². The summed E-state index contributed by atoms with van der Waals surface area (Å²) in [5.74, 6) is 0.903. The molecule has 5 nitrogen and oxygen atoms in total. The van der Waals surface area contributed by atoms with Crippen molar-refractivity contribution in [2.24, 2.45) is 11.8 Å². The molecule has 0 aromatic carbocycles. The molecule has 2 heterocycles. The van der Waals surface area contributed by atoms with E-state index in [0.717, 1.165) is 38.8 Å². The van der Waals surface area contributed by atoms with Gasteiger partial charge in [-0.2, -0.15) is 17.4 Å². The Bertz CT molecular complexity index is 367. The molecule has 2 aliphatic rings. The maximum Gasteiger partial charge on any atom is 0.279 e. The predicted molar refractivity (Wildman–Crippen MR) is 77.1 cm³/mol. The molecule has 112 valence electrons. The molecule has 2 rings (SSSR count). The van der Waals surface area contributed by atoms with E-state index in [-0.39, 0.29) is 6.04 Å². The van der Waals surface area contributed by atoms with E-state index in [1.807, 2.05) is 0 Å². The van der Waals surface area contributed by atoms with Crippen molar-refractivity contribution in [2.75, 3.05) is 26.2 Å². The van der Waals surface area contributed by atoms with Crippen LogP contribution in [0.25, 0.3) is 0 Å². The van der Waals surface area contributed by atoms with Crippen molar-refractivity contribution >= 4 is 10.2 Å². The Morgan fingerprint density at radius 3 is 2.53 bits per heavy atom. The molecule has 2 aliphatic heterocycles. The molecule has 3 atom stereocenters. The van der Waals surface area contributed by atoms with Gasteiger partial charge in [-0.25, -0.2) is 0 Å². The molecule has 3 unspecified atom stereocenters. The highest BCUT2D eigenvalue weighted by atomic mass is 32.2. The molecule has 2 fully saturated rings. The van der Waals surface area contributed by atoms with E-state index in [9.17, 15) is 8.42 Å². The highest BCUT2D eigenvalue weighted by Gasteiger charge is 2.31. The summed E-state index contributed by atoms with van der Waals surface area (Å²) in [6.07, 6.45) is 4.28. The highest BCUT2D eigenvalue weighted by Crippen LogP contribution is 2.23. The second-order valence-corrected chi connectivity index (χ2v) is 7.98. The molecule has 0 saturated carbocycles. The minimum atomic E-state index is -3.32. The topological polar surface area (TPSA) is 61.4 Å². The Morgan fingerprint density at radius 2 is 1.84 bits per heavy atom. The molecule has 0 aliphatic carbocycles. The van der Waals surface area contributed by atoms with Crippen LogP contribution < -0.4 is 10.0 Å². The normalized spacial score (nSPS) is 34.9. The monoisotopic (exact) mass is 289 g/mol. The first-order chi connectivity index (χ1) is 8.97. The lowest BCUT2D eigenvalue weighted by Crippen LogP contribution is -2.52. The maximum absolute atomic E-state index is 12.4. The van der Waals surface area contributed by atoms with Crippen LogP contribution in [-0.2, 0) is 10.2 Å². The lowest BCUT2D eigenvalue weighted by molar-refractivity contribution is 0.219. The average Bonchev–Trinajstić information content (AvgIpc) is 2.55. The van der Waals surface area contributed by atoms with Gasteiger partial charge in [0.1, 0.15) is 0 Å². The SMILES string of the molecule is CC1CC(C)CN(S(=O)(=O)NC2CCCCNC2)C1.